The zero-order valence-corrected chi connectivity index (χ0v) is 10.5. The minimum Gasteiger partial charge on any atom is -0.345 e. The highest BCUT2D eigenvalue weighted by Crippen LogP contribution is 2.34. The molecule has 0 N–H and O–H groups in total. The summed E-state index contributed by atoms with van der Waals surface area (Å²) in [5, 5.41) is 0. The molecule has 0 aliphatic carbocycles. The van der Waals surface area contributed by atoms with Crippen molar-refractivity contribution in [3.8, 4) is 0 Å². The zero-order valence-electron chi connectivity index (χ0n) is 10.5. The molecule has 1 rings (SSSR count). The van der Waals surface area contributed by atoms with Crippen LogP contribution in [0.2, 0.25) is 0 Å². The van der Waals surface area contributed by atoms with Crippen LogP contribution in [0.15, 0.2) is 60.0 Å². The number of hydrogen-bond donors (Lipinski definition) is 0. The third-order valence-electron chi connectivity index (χ3n) is 2.64. The third kappa shape index (κ3) is 2.75. The van der Waals surface area contributed by atoms with Crippen LogP contribution < -0.4 is 0 Å². The fourth-order valence-electron chi connectivity index (χ4n) is 1.88. The highest BCUT2D eigenvalue weighted by molar-refractivity contribution is 5.43. The first kappa shape index (κ1) is 12.6. The largest absolute Gasteiger partial charge is 0.345 e. The molecule has 1 heteroatoms. The molecule has 1 fully saturated rings. The minimum atomic E-state index is 0.960. The second-order valence-corrected chi connectivity index (χ2v) is 3.79. The van der Waals surface area contributed by atoms with Crippen LogP contribution in [0.5, 0.6) is 0 Å². The van der Waals surface area contributed by atoms with Gasteiger partial charge in [-0.25, -0.2) is 0 Å². The van der Waals surface area contributed by atoms with E-state index in [4.69, 9.17) is 0 Å². The molecule has 0 atom stereocenters. The maximum atomic E-state index is 4.14. The lowest BCUT2D eigenvalue weighted by Crippen LogP contribution is -2.15. The predicted molar refractivity (Wildman–Crippen MR) is 71.9 cm³/mol. The molecular weight excluding hydrogens is 194 g/mol. The highest BCUT2D eigenvalue weighted by Gasteiger charge is 2.22. The Balaban J connectivity index is 3.01. The lowest BCUT2D eigenvalue weighted by Gasteiger charge is -2.19. The summed E-state index contributed by atoms with van der Waals surface area (Å²) >= 11 is 0. The lowest BCUT2D eigenvalue weighted by atomic mass is 10.2. The Bertz CT molecular complexity index is 367. The molecule has 0 spiro atoms. The summed E-state index contributed by atoms with van der Waals surface area (Å²) in [6, 6.07) is 0. The number of nitrogens with zero attached hydrogens (tertiary/aromatic N) is 1. The van der Waals surface area contributed by atoms with Gasteiger partial charge in [-0.05, 0) is 38.5 Å². The monoisotopic (exact) mass is 215 g/mol. The summed E-state index contributed by atoms with van der Waals surface area (Å²) in [5.41, 5.74) is 3.79. The Morgan fingerprint density at radius 2 is 1.81 bits per heavy atom. The smallest absolute Gasteiger partial charge is 0.0438 e. The van der Waals surface area contributed by atoms with E-state index in [1.54, 1.807) is 0 Å². The fourth-order valence-corrected chi connectivity index (χ4v) is 1.88. The van der Waals surface area contributed by atoms with Crippen LogP contribution >= 0.6 is 0 Å². The maximum Gasteiger partial charge on any atom is 0.0438 e. The van der Waals surface area contributed by atoms with E-state index in [2.05, 4.69) is 48.8 Å². The van der Waals surface area contributed by atoms with Crippen LogP contribution in [0.1, 0.15) is 27.2 Å². The van der Waals surface area contributed by atoms with Gasteiger partial charge < -0.3 is 4.90 Å². The average molecular weight is 215 g/mol. The van der Waals surface area contributed by atoms with Gasteiger partial charge in [0, 0.05) is 24.4 Å². The van der Waals surface area contributed by atoms with Gasteiger partial charge in [0.1, 0.15) is 0 Å². The summed E-state index contributed by atoms with van der Waals surface area (Å²) in [5.74, 6) is 0. The zero-order chi connectivity index (χ0) is 12.0. The molecule has 0 bridgehead atoms. The molecule has 0 saturated carbocycles. The molecule has 1 heterocycles. The van der Waals surface area contributed by atoms with E-state index >= 15 is 0 Å². The molecule has 0 amide bonds. The second kappa shape index (κ2) is 6.16. The van der Waals surface area contributed by atoms with E-state index < -0.39 is 0 Å². The van der Waals surface area contributed by atoms with Gasteiger partial charge in [-0.2, -0.15) is 0 Å². The number of hydrogen-bond acceptors (Lipinski definition) is 1. The van der Waals surface area contributed by atoms with Crippen molar-refractivity contribution in [1.82, 2.24) is 4.90 Å². The molecule has 1 aliphatic rings. The second-order valence-electron chi connectivity index (χ2n) is 3.79. The molecule has 1 aliphatic heterocycles. The van der Waals surface area contributed by atoms with E-state index in [9.17, 15) is 0 Å². The summed E-state index contributed by atoms with van der Waals surface area (Å²) in [7, 11) is 0. The number of rotatable bonds is 3. The predicted octanol–water partition coefficient (Wildman–Crippen LogP) is 4.19. The summed E-state index contributed by atoms with van der Waals surface area (Å²) in [6.07, 6.45) is 13.5. The number of likely N-dealkylation sites (tertiary alicyclic amines) is 1. The third-order valence-corrected chi connectivity index (χ3v) is 2.64. The molecule has 0 unspecified atom stereocenters. The molecule has 16 heavy (non-hydrogen) atoms. The van der Waals surface area contributed by atoms with Gasteiger partial charge in [-0.3, -0.25) is 0 Å². The van der Waals surface area contributed by atoms with Crippen LogP contribution in [-0.2, 0) is 0 Å². The Labute approximate surface area is 99.2 Å². The van der Waals surface area contributed by atoms with Crippen LogP contribution in [0.3, 0.4) is 0 Å². The van der Waals surface area contributed by atoms with Crippen molar-refractivity contribution < 1.29 is 0 Å². The Kier molecular flexibility index (Phi) is 4.84. The van der Waals surface area contributed by atoms with Gasteiger partial charge >= 0.3 is 0 Å². The average Bonchev–Trinajstić information content (AvgIpc) is 2.59. The van der Waals surface area contributed by atoms with Crippen LogP contribution in [-0.4, -0.2) is 11.4 Å². The van der Waals surface area contributed by atoms with Gasteiger partial charge in [0.2, 0.25) is 0 Å². The van der Waals surface area contributed by atoms with Crippen molar-refractivity contribution >= 4 is 0 Å². The van der Waals surface area contributed by atoms with Crippen molar-refractivity contribution in [2.75, 3.05) is 6.54 Å². The topological polar surface area (TPSA) is 3.24 Å². The first-order valence-electron chi connectivity index (χ1n) is 5.85. The highest BCUT2D eigenvalue weighted by atomic mass is 15.2. The van der Waals surface area contributed by atoms with Crippen LogP contribution in [0.4, 0.5) is 0 Å². The standard InChI is InChI=1S/C15H21N/c1-5-8-10-14-12-13(4)15(11-9-6-2)16(14)7-3/h5-6,8-11H,4,7,12H2,1-3H3. The number of allylic oxidation sites excluding steroid dienone is 8. The molecule has 0 aromatic carbocycles. The summed E-state index contributed by atoms with van der Waals surface area (Å²) < 4.78 is 0. The van der Waals surface area contributed by atoms with Gasteiger partial charge in [0.05, 0.1) is 0 Å². The number of likely N-dealkylation sites (N-methyl/N-ethyl adjacent to an activating group) is 1. The lowest BCUT2D eigenvalue weighted by molar-refractivity contribution is 0.487. The quantitative estimate of drug-likeness (QED) is 0.682. The molecule has 0 aromatic heterocycles. The Hall–Kier alpha value is -1.50. The molecule has 1 saturated heterocycles. The van der Waals surface area contributed by atoms with Crippen molar-refractivity contribution in [3.63, 3.8) is 0 Å². The van der Waals surface area contributed by atoms with E-state index in [0.29, 0.717) is 0 Å². The maximum absolute atomic E-state index is 4.14. The van der Waals surface area contributed by atoms with E-state index in [-0.39, 0.29) is 0 Å². The SMILES string of the molecule is C=C1CC(=CC=CC)N(CC)C1=CC=CC. The van der Waals surface area contributed by atoms with Crippen LogP contribution in [0, 0.1) is 0 Å². The summed E-state index contributed by atoms with van der Waals surface area (Å²) in [4.78, 5) is 2.32. The van der Waals surface area contributed by atoms with Crippen molar-refractivity contribution in [2.24, 2.45) is 0 Å². The molecule has 1 nitrogen and oxygen atoms in total. The van der Waals surface area contributed by atoms with Gasteiger partial charge in [-0.15, -0.1) is 0 Å². The van der Waals surface area contributed by atoms with Gasteiger partial charge in [0.25, 0.3) is 0 Å². The van der Waals surface area contributed by atoms with Crippen LogP contribution in [0.25, 0.3) is 0 Å². The van der Waals surface area contributed by atoms with Crippen molar-refractivity contribution in [1.29, 1.82) is 0 Å². The molecule has 0 aromatic rings. The van der Waals surface area contributed by atoms with Crippen molar-refractivity contribution in [2.45, 2.75) is 27.2 Å². The molecular formula is C15H21N. The van der Waals surface area contributed by atoms with E-state index in [1.165, 1.54) is 17.0 Å². The van der Waals surface area contributed by atoms with E-state index in [1.807, 2.05) is 19.9 Å². The summed E-state index contributed by atoms with van der Waals surface area (Å²) in [6.45, 7) is 11.4. The Morgan fingerprint density at radius 1 is 1.19 bits per heavy atom. The first-order valence-corrected chi connectivity index (χ1v) is 5.85. The molecule has 0 radical (unpaired) electrons. The normalized spacial score (nSPS) is 22.4. The van der Waals surface area contributed by atoms with Gasteiger partial charge in [0.15, 0.2) is 0 Å². The van der Waals surface area contributed by atoms with Gasteiger partial charge in [-0.1, -0.05) is 30.9 Å². The minimum absolute atomic E-state index is 0.960. The van der Waals surface area contributed by atoms with Crippen molar-refractivity contribution in [3.05, 3.63) is 60.0 Å². The Morgan fingerprint density at radius 3 is 2.38 bits per heavy atom. The fraction of sp³-hybridized carbons (Fsp3) is 0.333. The van der Waals surface area contributed by atoms with E-state index in [0.717, 1.165) is 13.0 Å². The first-order chi connectivity index (χ1) is 7.74. The molecule has 86 valence electrons.